The number of nitrogens with zero attached hydrogens (tertiary/aromatic N) is 4. The predicted octanol–water partition coefficient (Wildman–Crippen LogP) is 4.42. The number of fused-ring (bicyclic) bond motifs is 1. The fourth-order valence-electron chi connectivity index (χ4n) is 3.23. The predicted molar refractivity (Wildman–Crippen MR) is 110 cm³/mol. The molecule has 28 heavy (non-hydrogen) atoms. The molecule has 0 aromatic carbocycles. The summed E-state index contributed by atoms with van der Waals surface area (Å²) in [5.74, 6) is 7.16. The van der Waals surface area contributed by atoms with Crippen molar-refractivity contribution in [1.29, 1.82) is 0 Å². The quantitative estimate of drug-likeness (QED) is 0.378. The van der Waals surface area contributed by atoms with E-state index in [0.29, 0.717) is 35.8 Å². The molecule has 4 heterocycles. The number of ether oxygens (including phenoxy) is 1. The van der Waals surface area contributed by atoms with E-state index >= 15 is 0 Å². The van der Waals surface area contributed by atoms with Crippen molar-refractivity contribution in [3.8, 4) is 22.5 Å². The molecule has 0 aliphatic carbocycles. The summed E-state index contributed by atoms with van der Waals surface area (Å²) >= 11 is 7.98. The number of imidazole rings is 1. The van der Waals surface area contributed by atoms with Crippen molar-refractivity contribution in [2.24, 2.45) is 0 Å². The molecule has 0 saturated carbocycles. The molecular formula is C20H21ClN4O2S. The van der Waals surface area contributed by atoms with Gasteiger partial charge in [-0.05, 0) is 23.8 Å². The minimum absolute atomic E-state index is 0.256. The Morgan fingerprint density at radius 3 is 2.96 bits per heavy atom. The van der Waals surface area contributed by atoms with Gasteiger partial charge in [0.2, 0.25) is 5.82 Å². The van der Waals surface area contributed by atoms with E-state index in [1.807, 2.05) is 22.1 Å². The van der Waals surface area contributed by atoms with Crippen LogP contribution in [0.2, 0.25) is 5.15 Å². The normalized spacial score (nSPS) is 19.1. The van der Waals surface area contributed by atoms with Crippen LogP contribution in [0.4, 0.5) is 0 Å². The summed E-state index contributed by atoms with van der Waals surface area (Å²) in [7, 11) is 0. The van der Waals surface area contributed by atoms with E-state index in [0.717, 1.165) is 30.6 Å². The maximum atomic E-state index is 10.4. The van der Waals surface area contributed by atoms with Gasteiger partial charge in [0.1, 0.15) is 11.6 Å². The molecule has 0 amide bonds. The lowest BCUT2D eigenvalue weighted by Gasteiger charge is -2.18. The zero-order chi connectivity index (χ0) is 19.5. The van der Waals surface area contributed by atoms with Crippen LogP contribution in [0.1, 0.15) is 51.1 Å². The second-order valence-corrected chi connectivity index (χ2v) is 7.97. The summed E-state index contributed by atoms with van der Waals surface area (Å²) in [6.07, 6.45) is 3.55. The molecule has 0 bridgehead atoms. The SMILES string of the molecule is CCCCCC#Cc1nc(Cl)c2nc(-c3cccs3)n([C@@H]3OCC[C@H]3O)c2n1. The van der Waals surface area contributed by atoms with E-state index in [2.05, 4.69) is 33.7 Å². The van der Waals surface area contributed by atoms with E-state index in [1.54, 1.807) is 11.3 Å². The molecule has 8 heteroatoms. The molecule has 4 rings (SSSR count). The van der Waals surface area contributed by atoms with Crippen LogP contribution in [0.15, 0.2) is 17.5 Å². The molecular weight excluding hydrogens is 396 g/mol. The van der Waals surface area contributed by atoms with Gasteiger partial charge in [-0.3, -0.25) is 4.57 Å². The lowest BCUT2D eigenvalue weighted by Crippen LogP contribution is -2.20. The van der Waals surface area contributed by atoms with E-state index < -0.39 is 12.3 Å². The van der Waals surface area contributed by atoms with Gasteiger partial charge in [-0.15, -0.1) is 11.3 Å². The van der Waals surface area contributed by atoms with Crippen LogP contribution >= 0.6 is 22.9 Å². The van der Waals surface area contributed by atoms with Gasteiger partial charge in [0.25, 0.3) is 0 Å². The highest BCUT2D eigenvalue weighted by atomic mass is 35.5. The second kappa shape index (κ2) is 8.58. The van der Waals surface area contributed by atoms with E-state index in [9.17, 15) is 5.11 Å². The van der Waals surface area contributed by atoms with Crippen LogP contribution in [0.3, 0.4) is 0 Å². The highest BCUT2D eigenvalue weighted by molar-refractivity contribution is 7.13. The van der Waals surface area contributed by atoms with Crippen molar-refractivity contribution in [1.82, 2.24) is 19.5 Å². The van der Waals surface area contributed by atoms with Gasteiger partial charge in [0.15, 0.2) is 22.9 Å². The first-order valence-electron chi connectivity index (χ1n) is 9.47. The van der Waals surface area contributed by atoms with E-state index in [-0.39, 0.29) is 5.15 Å². The molecule has 1 saturated heterocycles. The summed E-state index contributed by atoms with van der Waals surface area (Å²) < 4.78 is 7.63. The molecule has 1 aliphatic rings. The third-order valence-corrected chi connectivity index (χ3v) is 5.76. The third-order valence-electron chi connectivity index (χ3n) is 4.63. The lowest BCUT2D eigenvalue weighted by atomic mass is 10.2. The molecule has 1 aliphatic heterocycles. The molecule has 3 aromatic heterocycles. The Kier molecular flexibility index (Phi) is 5.93. The smallest absolute Gasteiger partial charge is 0.208 e. The molecule has 1 N–H and O–H groups in total. The number of thiophene rings is 1. The molecule has 0 radical (unpaired) electrons. The van der Waals surface area contributed by atoms with E-state index in [4.69, 9.17) is 16.3 Å². The standard InChI is InChI=1S/C20H21ClN4O2S/c1-2-3-4-5-6-9-15-22-17(21)16-19(23-15)25(20-13(26)10-11-27-20)18(24-16)14-8-7-12-28-14/h7-8,12-13,20,26H,2-5,10-11H2,1H3/t13-,20-/m1/s1. The molecule has 146 valence electrons. The number of unbranched alkanes of at least 4 members (excludes halogenated alkanes) is 3. The second-order valence-electron chi connectivity index (χ2n) is 6.67. The fourth-order valence-corrected chi connectivity index (χ4v) is 4.15. The van der Waals surface area contributed by atoms with Crippen LogP contribution in [-0.4, -0.2) is 37.3 Å². The largest absolute Gasteiger partial charge is 0.388 e. The van der Waals surface area contributed by atoms with Gasteiger partial charge < -0.3 is 9.84 Å². The molecule has 0 spiro atoms. The first-order valence-corrected chi connectivity index (χ1v) is 10.7. The summed E-state index contributed by atoms with van der Waals surface area (Å²) in [6.45, 7) is 2.65. The topological polar surface area (TPSA) is 73.1 Å². The van der Waals surface area contributed by atoms with Crippen LogP contribution < -0.4 is 0 Å². The zero-order valence-corrected chi connectivity index (χ0v) is 17.1. The molecule has 6 nitrogen and oxygen atoms in total. The minimum Gasteiger partial charge on any atom is -0.388 e. The van der Waals surface area contributed by atoms with Crippen LogP contribution in [0, 0.1) is 11.8 Å². The van der Waals surface area contributed by atoms with Crippen molar-refractivity contribution in [2.75, 3.05) is 6.61 Å². The number of halogens is 1. The first kappa shape index (κ1) is 19.3. The summed E-state index contributed by atoms with van der Waals surface area (Å²) in [4.78, 5) is 14.5. The number of hydrogen-bond acceptors (Lipinski definition) is 6. The molecule has 1 fully saturated rings. The van der Waals surface area contributed by atoms with Gasteiger partial charge in [-0.2, -0.15) is 0 Å². The van der Waals surface area contributed by atoms with Crippen molar-refractivity contribution >= 4 is 34.1 Å². The first-order chi connectivity index (χ1) is 13.7. The van der Waals surface area contributed by atoms with Crippen LogP contribution in [0.25, 0.3) is 21.9 Å². The summed E-state index contributed by atoms with van der Waals surface area (Å²) in [5.41, 5.74) is 1.02. The summed E-state index contributed by atoms with van der Waals surface area (Å²) in [5, 5.41) is 12.7. The number of aromatic nitrogens is 4. The monoisotopic (exact) mass is 416 g/mol. The Morgan fingerprint density at radius 2 is 2.25 bits per heavy atom. The average Bonchev–Trinajstić information content (AvgIpc) is 3.41. The highest BCUT2D eigenvalue weighted by Crippen LogP contribution is 2.36. The fraction of sp³-hybridized carbons (Fsp3) is 0.450. The number of aliphatic hydroxyl groups excluding tert-OH is 1. The van der Waals surface area contributed by atoms with Crippen LogP contribution in [-0.2, 0) is 4.74 Å². The van der Waals surface area contributed by atoms with Gasteiger partial charge >= 0.3 is 0 Å². The highest BCUT2D eigenvalue weighted by Gasteiger charge is 2.33. The van der Waals surface area contributed by atoms with Gasteiger partial charge in [-0.25, -0.2) is 15.0 Å². The molecule has 3 aromatic rings. The zero-order valence-electron chi connectivity index (χ0n) is 15.6. The Bertz CT molecular complexity index is 1020. The minimum atomic E-state index is -0.631. The van der Waals surface area contributed by atoms with Crippen molar-refractivity contribution in [2.45, 2.75) is 51.4 Å². The maximum absolute atomic E-state index is 10.4. The van der Waals surface area contributed by atoms with Gasteiger partial charge in [0, 0.05) is 12.8 Å². The average molecular weight is 417 g/mol. The Balaban J connectivity index is 1.81. The Hall–Kier alpha value is -1.98. The van der Waals surface area contributed by atoms with Crippen molar-refractivity contribution < 1.29 is 9.84 Å². The van der Waals surface area contributed by atoms with E-state index in [1.165, 1.54) is 0 Å². The van der Waals surface area contributed by atoms with Crippen LogP contribution in [0.5, 0.6) is 0 Å². The number of rotatable bonds is 5. The van der Waals surface area contributed by atoms with Crippen molar-refractivity contribution in [3.05, 3.63) is 28.5 Å². The summed E-state index contributed by atoms with van der Waals surface area (Å²) in [6, 6.07) is 3.93. The number of aliphatic hydroxyl groups is 1. The van der Waals surface area contributed by atoms with Crippen molar-refractivity contribution in [3.63, 3.8) is 0 Å². The molecule has 0 unspecified atom stereocenters. The lowest BCUT2D eigenvalue weighted by molar-refractivity contribution is -0.00513. The third kappa shape index (κ3) is 3.78. The van der Waals surface area contributed by atoms with Gasteiger partial charge in [-0.1, -0.05) is 43.4 Å². The number of hydrogen-bond donors (Lipinski definition) is 1. The Labute approximate surface area is 172 Å². The Morgan fingerprint density at radius 1 is 1.36 bits per heavy atom. The molecule has 2 atom stereocenters. The van der Waals surface area contributed by atoms with Gasteiger partial charge in [0.05, 0.1) is 11.5 Å². The maximum Gasteiger partial charge on any atom is 0.208 e.